The van der Waals surface area contributed by atoms with Crippen LogP contribution in [-0.4, -0.2) is 37.2 Å². The zero-order valence-electron chi connectivity index (χ0n) is 38.2. The van der Waals surface area contributed by atoms with Crippen LogP contribution in [-0.2, 0) is 28.6 Å². The van der Waals surface area contributed by atoms with E-state index < -0.39 is 12.1 Å². The van der Waals surface area contributed by atoms with Crippen LogP contribution in [0.4, 0.5) is 0 Å². The first-order valence-electron chi connectivity index (χ1n) is 23.5. The zero-order valence-corrected chi connectivity index (χ0v) is 38.2. The van der Waals surface area contributed by atoms with Gasteiger partial charge in [0.05, 0.1) is 0 Å². The molecule has 0 radical (unpaired) electrons. The van der Waals surface area contributed by atoms with Gasteiger partial charge in [0.2, 0.25) is 0 Å². The molecule has 0 aliphatic carbocycles. The maximum atomic E-state index is 12.7. The lowest BCUT2D eigenvalue weighted by Crippen LogP contribution is -2.30. The fraction of sp³-hybridized carbons (Fsp3) is 0.574. The second-order valence-corrected chi connectivity index (χ2v) is 14.9. The fourth-order valence-electron chi connectivity index (χ4n) is 5.72. The van der Waals surface area contributed by atoms with Crippen molar-refractivity contribution in [2.75, 3.05) is 13.2 Å². The summed E-state index contributed by atoms with van der Waals surface area (Å²) in [6.07, 6.45) is 64.8. The Morgan fingerprint density at radius 1 is 0.350 bits per heavy atom. The number of esters is 3. The Kier molecular flexibility index (Phi) is 44.2. The van der Waals surface area contributed by atoms with Gasteiger partial charge >= 0.3 is 17.9 Å². The number of allylic oxidation sites excluding steroid dienone is 20. The first-order chi connectivity index (χ1) is 29.5. The van der Waals surface area contributed by atoms with Crippen molar-refractivity contribution < 1.29 is 28.6 Å². The van der Waals surface area contributed by atoms with E-state index in [0.29, 0.717) is 19.3 Å². The molecule has 0 rings (SSSR count). The van der Waals surface area contributed by atoms with Gasteiger partial charge in [0.15, 0.2) is 6.10 Å². The van der Waals surface area contributed by atoms with Crippen LogP contribution in [0.3, 0.4) is 0 Å². The van der Waals surface area contributed by atoms with Gasteiger partial charge in [-0.15, -0.1) is 0 Å². The smallest absolute Gasteiger partial charge is 0.306 e. The second kappa shape index (κ2) is 47.5. The van der Waals surface area contributed by atoms with Gasteiger partial charge < -0.3 is 14.2 Å². The fourth-order valence-corrected chi connectivity index (χ4v) is 5.72. The Morgan fingerprint density at radius 2 is 0.700 bits per heavy atom. The third-order valence-corrected chi connectivity index (χ3v) is 9.19. The highest BCUT2D eigenvalue weighted by molar-refractivity contribution is 5.71. The van der Waals surface area contributed by atoms with E-state index in [4.69, 9.17) is 14.2 Å². The van der Waals surface area contributed by atoms with E-state index >= 15 is 0 Å². The summed E-state index contributed by atoms with van der Waals surface area (Å²) >= 11 is 0. The summed E-state index contributed by atoms with van der Waals surface area (Å²) in [7, 11) is 0. The highest BCUT2D eigenvalue weighted by Crippen LogP contribution is 2.11. The molecule has 0 aromatic rings. The molecule has 1 atom stereocenters. The molecule has 336 valence electrons. The Bertz CT molecular complexity index is 1320. The summed E-state index contributed by atoms with van der Waals surface area (Å²) in [6, 6.07) is 0. The van der Waals surface area contributed by atoms with Crippen LogP contribution in [0.5, 0.6) is 0 Å². The molecule has 0 aromatic heterocycles. The Balaban J connectivity index is 4.60. The minimum atomic E-state index is -0.844. The molecular weight excluding hydrogens is 745 g/mol. The number of hydrogen-bond donors (Lipinski definition) is 0. The molecule has 0 spiro atoms. The van der Waals surface area contributed by atoms with E-state index in [2.05, 4.69) is 130 Å². The van der Waals surface area contributed by atoms with Crippen molar-refractivity contribution in [1.82, 2.24) is 0 Å². The lowest BCUT2D eigenvalue weighted by molar-refractivity contribution is -0.166. The van der Waals surface area contributed by atoms with Gasteiger partial charge in [-0.3, -0.25) is 14.4 Å². The van der Waals surface area contributed by atoms with Crippen LogP contribution in [0.25, 0.3) is 0 Å². The molecule has 0 aliphatic heterocycles. The highest BCUT2D eigenvalue weighted by atomic mass is 16.6. The average Bonchev–Trinajstić information content (AvgIpc) is 3.24. The van der Waals surface area contributed by atoms with Crippen LogP contribution in [0.15, 0.2) is 122 Å². The van der Waals surface area contributed by atoms with Crippen molar-refractivity contribution >= 4 is 17.9 Å². The van der Waals surface area contributed by atoms with Gasteiger partial charge in [-0.25, -0.2) is 0 Å². The highest BCUT2D eigenvalue weighted by Gasteiger charge is 2.19. The number of rotatable bonds is 40. The predicted octanol–water partition coefficient (Wildman–Crippen LogP) is 15.4. The summed E-state index contributed by atoms with van der Waals surface area (Å²) in [6.45, 7) is 6.23. The predicted molar refractivity (Wildman–Crippen MR) is 256 cm³/mol. The molecule has 0 aromatic carbocycles. The maximum Gasteiger partial charge on any atom is 0.306 e. The van der Waals surface area contributed by atoms with Crippen LogP contribution in [0.1, 0.15) is 181 Å². The second-order valence-electron chi connectivity index (χ2n) is 14.9. The molecule has 0 heterocycles. The molecule has 0 saturated carbocycles. The monoisotopic (exact) mass is 829 g/mol. The molecule has 60 heavy (non-hydrogen) atoms. The van der Waals surface area contributed by atoms with E-state index in [9.17, 15) is 14.4 Å². The third kappa shape index (κ3) is 44.9. The standard InChI is InChI=1S/C54H84O6/c1-4-7-10-13-16-19-22-25-26-27-28-30-32-35-38-41-44-47-53(56)59-50-51(49-58-52(55)46-43-40-37-34-31-24-21-18-15-12-9-6-3)60-54(57)48-45-42-39-36-33-29-23-20-17-14-11-8-5-2/h7-8,10-11,16-21,25-26,28-30,33,35,38-39,42,51H,4-6,9,12-15,22-24,27,31-32,34,36-37,40-41,43-50H2,1-3H3/b10-7-,11-8-,19-16-,20-17-,21-18-,26-25-,30-28-,33-29-,38-35-,42-39-. The Morgan fingerprint density at radius 3 is 1.17 bits per heavy atom. The Labute approximate surface area is 367 Å². The first kappa shape index (κ1) is 55.8. The number of carbonyl (C=O) groups is 3. The molecule has 1 unspecified atom stereocenters. The summed E-state index contributed by atoms with van der Waals surface area (Å²) in [5.74, 6) is -1.10. The topological polar surface area (TPSA) is 78.9 Å². The van der Waals surface area contributed by atoms with E-state index in [1.807, 2.05) is 12.2 Å². The van der Waals surface area contributed by atoms with Crippen LogP contribution in [0, 0.1) is 0 Å². The number of carbonyl (C=O) groups excluding carboxylic acids is 3. The first-order valence-corrected chi connectivity index (χ1v) is 23.5. The van der Waals surface area contributed by atoms with Gasteiger partial charge in [-0.1, -0.05) is 174 Å². The van der Waals surface area contributed by atoms with Crippen LogP contribution in [0.2, 0.25) is 0 Å². The van der Waals surface area contributed by atoms with Gasteiger partial charge in [0.25, 0.3) is 0 Å². The SMILES string of the molecule is CC/C=C\C/C=C\C/C=C\C/C=C\C/C=C\CCCC(=O)OCC(COC(=O)CCCCCCC/C=C\CCCCC)OC(=O)CC/C=C\C/C=C\C/C=C\C/C=C\CC. The average molecular weight is 829 g/mol. The normalized spacial score (nSPS) is 13.2. The minimum Gasteiger partial charge on any atom is -0.462 e. The van der Waals surface area contributed by atoms with Crippen molar-refractivity contribution in [3.8, 4) is 0 Å². The quantitative estimate of drug-likeness (QED) is 0.0265. The minimum absolute atomic E-state index is 0.132. The van der Waals surface area contributed by atoms with Crippen LogP contribution < -0.4 is 0 Å². The largest absolute Gasteiger partial charge is 0.462 e. The number of ether oxygens (including phenoxy) is 3. The van der Waals surface area contributed by atoms with E-state index in [1.54, 1.807) is 0 Å². The molecule has 0 saturated heterocycles. The number of hydrogen-bond acceptors (Lipinski definition) is 6. The molecule has 0 fully saturated rings. The molecule has 6 heteroatoms. The molecule has 0 N–H and O–H groups in total. The van der Waals surface area contributed by atoms with Gasteiger partial charge in [-0.05, 0) is 109 Å². The Hall–Kier alpha value is -4.19. The van der Waals surface area contributed by atoms with Crippen molar-refractivity contribution in [2.45, 2.75) is 187 Å². The van der Waals surface area contributed by atoms with Crippen molar-refractivity contribution in [2.24, 2.45) is 0 Å². The molecule has 0 aliphatic rings. The lowest BCUT2D eigenvalue weighted by atomic mass is 10.1. The number of unbranched alkanes of at least 4 members (excludes halogenated alkanes) is 9. The van der Waals surface area contributed by atoms with Crippen LogP contribution >= 0.6 is 0 Å². The summed E-state index contributed by atoms with van der Waals surface area (Å²) in [5, 5.41) is 0. The zero-order chi connectivity index (χ0) is 43.7. The van der Waals surface area contributed by atoms with Crippen molar-refractivity contribution in [1.29, 1.82) is 0 Å². The summed E-state index contributed by atoms with van der Waals surface area (Å²) in [4.78, 5) is 37.8. The van der Waals surface area contributed by atoms with Crippen molar-refractivity contribution in [3.63, 3.8) is 0 Å². The van der Waals surface area contributed by atoms with Gasteiger partial charge in [-0.2, -0.15) is 0 Å². The van der Waals surface area contributed by atoms with E-state index in [1.165, 1.54) is 32.1 Å². The molecule has 6 nitrogen and oxygen atoms in total. The van der Waals surface area contributed by atoms with E-state index in [-0.39, 0.29) is 38.0 Å². The summed E-state index contributed by atoms with van der Waals surface area (Å²) < 4.78 is 16.6. The molecule has 0 bridgehead atoms. The van der Waals surface area contributed by atoms with Gasteiger partial charge in [0, 0.05) is 19.3 Å². The van der Waals surface area contributed by atoms with Gasteiger partial charge in [0.1, 0.15) is 13.2 Å². The maximum absolute atomic E-state index is 12.7. The third-order valence-electron chi connectivity index (χ3n) is 9.19. The van der Waals surface area contributed by atoms with Crippen molar-refractivity contribution in [3.05, 3.63) is 122 Å². The molecule has 0 amide bonds. The van der Waals surface area contributed by atoms with E-state index in [0.717, 1.165) is 96.3 Å². The lowest BCUT2D eigenvalue weighted by Gasteiger charge is -2.18. The molecular formula is C54H84O6. The summed E-state index contributed by atoms with van der Waals surface area (Å²) in [5.41, 5.74) is 0.